The van der Waals surface area contributed by atoms with E-state index in [0.717, 1.165) is 11.3 Å². The number of hydrogen-bond acceptors (Lipinski definition) is 5. The molecule has 0 aliphatic heterocycles. The second kappa shape index (κ2) is 8.68. The first-order chi connectivity index (χ1) is 13.9. The Morgan fingerprint density at radius 1 is 1.24 bits per heavy atom. The molecule has 0 radical (unpaired) electrons. The minimum Gasteiger partial charge on any atom is -0.346 e. The summed E-state index contributed by atoms with van der Waals surface area (Å²) in [5, 5.41) is 6.93. The number of aromatic nitrogens is 3. The average molecular weight is 409 g/mol. The maximum Gasteiger partial charge on any atom is 0.251 e. The monoisotopic (exact) mass is 409 g/mol. The maximum atomic E-state index is 12.6. The number of carbonyl (C=O) groups is 1. The number of sulfonamides is 1. The van der Waals surface area contributed by atoms with Crippen molar-refractivity contribution in [3.05, 3.63) is 72.3 Å². The van der Waals surface area contributed by atoms with Gasteiger partial charge in [-0.25, -0.2) is 18.1 Å². The van der Waals surface area contributed by atoms with Crippen LogP contribution < -0.4 is 10.0 Å². The fourth-order valence-electron chi connectivity index (χ4n) is 2.65. The number of nitrogens with zero attached hydrogens (tertiary/aromatic N) is 3. The zero-order chi connectivity index (χ0) is 20.9. The highest BCUT2D eigenvalue weighted by atomic mass is 32.2. The lowest BCUT2D eigenvalue weighted by molar-refractivity contribution is 0.0939. The van der Waals surface area contributed by atoms with E-state index in [9.17, 15) is 13.2 Å². The Bertz CT molecular complexity index is 1130. The van der Waals surface area contributed by atoms with E-state index in [-0.39, 0.29) is 29.0 Å². The van der Waals surface area contributed by atoms with E-state index in [1.165, 1.54) is 24.5 Å². The van der Waals surface area contributed by atoms with Crippen molar-refractivity contribution in [1.82, 2.24) is 24.8 Å². The molecular formula is C20H19N5O3S. The van der Waals surface area contributed by atoms with Crippen molar-refractivity contribution >= 4 is 15.9 Å². The number of carbonyl (C=O) groups excluding carboxylic acids is 1. The molecule has 0 fully saturated rings. The zero-order valence-electron chi connectivity index (χ0n) is 15.6. The van der Waals surface area contributed by atoms with Crippen LogP contribution in [0.25, 0.3) is 5.69 Å². The van der Waals surface area contributed by atoms with E-state index in [4.69, 9.17) is 6.42 Å². The fraction of sp³-hybridized carbons (Fsp3) is 0.150. The van der Waals surface area contributed by atoms with Crippen molar-refractivity contribution in [3.63, 3.8) is 0 Å². The Morgan fingerprint density at radius 2 is 2.00 bits per heavy atom. The molecule has 0 saturated heterocycles. The smallest absolute Gasteiger partial charge is 0.251 e. The van der Waals surface area contributed by atoms with Crippen molar-refractivity contribution in [3.8, 4) is 18.0 Å². The topological polar surface area (TPSA) is 106 Å². The van der Waals surface area contributed by atoms with Crippen LogP contribution in [0.15, 0.2) is 66.1 Å². The zero-order valence-corrected chi connectivity index (χ0v) is 16.4. The molecule has 0 spiro atoms. The quantitative estimate of drug-likeness (QED) is 0.578. The van der Waals surface area contributed by atoms with Gasteiger partial charge in [-0.2, -0.15) is 9.82 Å². The molecular weight excluding hydrogens is 390 g/mol. The third-order valence-electron chi connectivity index (χ3n) is 4.19. The van der Waals surface area contributed by atoms with E-state index < -0.39 is 10.0 Å². The van der Waals surface area contributed by atoms with E-state index in [1.54, 1.807) is 17.1 Å². The SMILES string of the molecule is C#CCNS(=O)(=O)c1cccc(C(=O)N[C@H](C)c2ccc(-n3cncn3)cc2)c1. The molecule has 3 rings (SSSR count). The summed E-state index contributed by atoms with van der Waals surface area (Å²) in [4.78, 5) is 16.5. The van der Waals surface area contributed by atoms with Gasteiger partial charge in [-0.05, 0) is 42.8 Å². The van der Waals surface area contributed by atoms with Crippen LogP contribution in [0.2, 0.25) is 0 Å². The summed E-state index contributed by atoms with van der Waals surface area (Å²) < 4.78 is 28.3. The predicted octanol–water partition coefficient (Wildman–Crippen LogP) is 1.67. The van der Waals surface area contributed by atoms with Gasteiger partial charge in [0.05, 0.1) is 23.2 Å². The minimum atomic E-state index is -3.77. The number of benzene rings is 2. The summed E-state index contributed by atoms with van der Waals surface area (Å²) in [5.41, 5.74) is 1.98. The summed E-state index contributed by atoms with van der Waals surface area (Å²) in [6.45, 7) is 1.72. The third kappa shape index (κ3) is 4.87. The number of nitrogens with one attached hydrogen (secondary N) is 2. The number of terminal acetylenes is 1. The van der Waals surface area contributed by atoms with Gasteiger partial charge in [-0.15, -0.1) is 6.42 Å². The third-order valence-corrected chi connectivity index (χ3v) is 5.59. The average Bonchev–Trinajstić information content (AvgIpc) is 3.27. The van der Waals surface area contributed by atoms with Crippen LogP contribution in [0.3, 0.4) is 0 Å². The van der Waals surface area contributed by atoms with Gasteiger partial charge in [0, 0.05) is 5.56 Å². The molecule has 8 nitrogen and oxygen atoms in total. The van der Waals surface area contributed by atoms with E-state index in [1.807, 2.05) is 31.2 Å². The lowest BCUT2D eigenvalue weighted by atomic mass is 10.1. The standard InChI is InChI=1S/C20H19N5O3S/c1-3-11-23-29(27,28)19-6-4-5-17(12-19)20(26)24-15(2)16-7-9-18(10-8-16)25-14-21-13-22-25/h1,4-10,12-15,23H,11H2,2H3,(H,24,26)/t15-/m1/s1. The van der Waals surface area contributed by atoms with Crippen molar-refractivity contribution in [2.45, 2.75) is 17.9 Å². The number of amides is 1. The molecule has 0 aliphatic carbocycles. The minimum absolute atomic E-state index is 0.0229. The first-order valence-electron chi connectivity index (χ1n) is 8.70. The summed E-state index contributed by atoms with van der Waals surface area (Å²) >= 11 is 0. The van der Waals surface area contributed by atoms with Crippen LogP contribution in [0.5, 0.6) is 0 Å². The van der Waals surface area contributed by atoms with Gasteiger partial charge < -0.3 is 5.32 Å². The molecule has 2 N–H and O–H groups in total. The molecule has 2 aromatic carbocycles. The molecule has 0 saturated carbocycles. The van der Waals surface area contributed by atoms with Gasteiger partial charge >= 0.3 is 0 Å². The van der Waals surface area contributed by atoms with Crippen molar-refractivity contribution in [2.24, 2.45) is 0 Å². The normalized spacial score (nSPS) is 12.1. The van der Waals surface area contributed by atoms with Crippen LogP contribution in [0.4, 0.5) is 0 Å². The summed E-state index contributed by atoms with van der Waals surface area (Å²) in [5.74, 6) is 1.83. The van der Waals surface area contributed by atoms with Crippen LogP contribution in [0, 0.1) is 12.3 Å². The molecule has 1 atom stereocenters. The van der Waals surface area contributed by atoms with E-state index >= 15 is 0 Å². The molecule has 1 aromatic heterocycles. The first-order valence-corrected chi connectivity index (χ1v) is 10.2. The Labute approximate surface area is 169 Å². The number of rotatable bonds is 7. The van der Waals surface area contributed by atoms with Gasteiger partial charge in [0.1, 0.15) is 12.7 Å². The fourth-order valence-corrected chi connectivity index (χ4v) is 3.62. The Balaban J connectivity index is 1.71. The maximum absolute atomic E-state index is 12.6. The van der Waals surface area contributed by atoms with Gasteiger partial charge in [0.2, 0.25) is 10.0 Å². The molecule has 0 unspecified atom stereocenters. The Kier molecular flexibility index (Phi) is 6.07. The second-order valence-corrected chi connectivity index (χ2v) is 7.95. The van der Waals surface area contributed by atoms with Crippen LogP contribution in [0.1, 0.15) is 28.9 Å². The summed E-state index contributed by atoms with van der Waals surface area (Å²) in [6, 6.07) is 13.0. The summed E-state index contributed by atoms with van der Waals surface area (Å²) in [7, 11) is -3.77. The van der Waals surface area contributed by atoms with Crippen LogP contribution in [-0.2, 0) is 10.0 Å². The predicted molar refractivity (Wildman–Crippen MR) is 108 cm³/mol. The van der Waals surface area contributed by atoms with Crippen molar-refractivity contribution < 1.29 is 13.2 Å². The van der Waals surface area contributed by atoms with E-state index in [2.05, 4.69) is 26.0 Å². The molecule has 148 valence electrons. The highest BCUT2D eigenvalue weighted by Gasteiger charge is 2.17. The van der Waals surface area contributed by atoms with Gasteiger partial charge in [0.15, 0.2) is 0 Å². The lowest BCUT2D eigenvalue weighted by Gasteiger charge is -2.15. The Morgan fingerprint density at radius 3 is 2.66 bits per heavy atom. The molecule has 9 heteroatoms. The van der Waals surface area contributed by atoms with E-state index in [0.29, 0.717) is 0 Å². The Hall–Kier alpha value is -3.48. The molecule has 3 aromatic rings. The molecule has 1 amide bonds. The van der Waals surface area contributed by atoms with Crippen LogP contribution in [-0.4, -0.2) is 35.6 Å². The van der Waals surface area contributed by atoms with Gasteiger partial charge in [-0.1, -0.05) is 24.1 Å². The van der Waals surface area contributed by atoms with Gasteiger partial charge in [-0.3, -0.25) is 4.79 Å². The van der Waals surface area contributed by atoms with Crippen LogP contribution >= 0.6 is 0 Å². The molecule has 0 bridgehead atoms. The van der Waals surface area contributed by atoms with Crippen molar-refractivity contribution in [1.29, 1.82) is 0 Å². The lowest BCUT2D eigenvalue weighted by Crippen LogP contribution is -2.27. The largest absolute Gasteiger partial charge is 0.346 e. The number of hydrogen-bond donors (Lipinski definition) is 2. The highest BCUT2D eigenvalue weighted by Crippen LogP contribution is 2.17. The highest BCUT2D eigenvalue weighted by molar-refractivity contribution is 7.89. The second-order valence-electron chi connectivity index (χ2n) is 6.18. The van der Waals surface area contributed by atoms with Crippen molar-refractivity contribution in [2.75, 3.05) is 6.54 Å². The van der Waals surface area contributed by atoms with Gasteiger partial charge in [0.25, 0.3) is 5.91 Å². The molecule has 0 aliphatic rings. The molecule has 29 heavy (non-hydrogen) atoms. The first kappa shape index (κ1) is 20.3. The summed E-state index contributed by atoms with van der Waals surface area (Å²) in [6.07, 6.45) is 8.14. The molecule has 1 heterocycles.